The van der Waals surface area contributed by atoms with Gasteiger partial charge in [-0.3, -0.25) is 33.6 Å². The molecule has 4 unspecified atom stereocenters. The monoisotopic (exact) mass is 806 g/mol. The van der Waals surface area contributed by atoms with E-state index >= 15 is 0 Å². The second kappa shape index (κ2) is 24.1. The van der Waals surface area contributed by atoms with Crippen LogP contribution >= 0.6 is 11.8 Å². The van der Waals surface area contributed by atoms with Crippen molar-refractivity contribution in [3.05, 3.63) is 59.7 Å². The van der Waals surface area contributed by atoms with Crippen molar-refractivity contribution in [1.82, 2.24) is 26.6 Å². The van der Waals surface area contributed by atoms with E-state index < -0.39 is 97.9 Å². The van der Waals surface area contributed by atoms with Crippen LogP contribution in [0.4, 0.5) is 0 Å². The molecule has 6 amide bonds. The summed E-state index contributed by atoms with van der Waals surface area (Å²) >= 11 is 1.07. The van der Waals surface area contributed by atoms with E-state index in [1.807, 2.05) is 0 Å². The fourth-order valence-electron chi connectivity index (χ4n) is 4.63. The second-order valence-corrected chi connectivity index (χ2v) is 12.8. The smallest absolute Gasteiger partial charge is 0.341 e. The van der Waals surface area contributed by atoms with Crippen molar-refractivity contribution in [3.8, 4) is 11.5 Å². The number of ether oxygens (including phenoxy) is 2. The van der Waals surface area contributed by atoms with Crippen LogP contribution in [-0.2, 0) is 56.0 Å². The van der Waals surface area contributed by atoms with Crippen molar-refractivity contribution in [2.75, 3.05) is 37.9 Å². The van der Waals surface area contributed by atoms with Crippen molar-refractivity contribution in [2.45, 2.75) is 43.4 Å². The first kappa shape index (κ1) is 45.7. The molecule has 22 heteroatoms. The SMILES string of the molecule is NC(=O)C(CC(=O)O)NC(=O)C(Cc1ccc(OCC(=O)O)cc1)NC(=O)C(Cc1ccc(OCC(=O)O)cc1)NC(=O)CSCCNC(=O)C(CO)NC=O. The van der Waals surface area contributed by atoms with E-state index in [1.54, 1.807) is 0 Å². The molecule has 0 spiro atoms. The topological polar surface area (TPSA) is 339 Å². The van der Waals surface area contributed by atoms with Gasteiger partial charge in [0.15, 0.2) is 13.2 Å². The molecule has 0 aromatic heterocycles. The lowest BCUT2D eigenvalue weighted by Gasteiger charge is -2.25. The highest BCUT2D eigenvalue weighted by Crippen LogP contribution is 2.16. The number of aliphatic hydroxyl groups excluding tert-OH is 1. The van der Waals surface area contributed by atoms with Crippen LogP contribution in [0.15, 0.2) is 48.5 Å². The van der Waals surface area contributed by atoms with Crippen LogP contribution in [0, 0.1) is 0 Å². The van der Waals surface area contributed by atoms with Gasteiger partial charge in [0.2, 0.25) is 35.9 Å². The van der Waals surface area contributed by atoms with E-state index in [4.69, 9.17) is 25.4 Å². The highest BCUT2D eigenvalue weighted by Gasteiger charge is 2.30. The summed E-state index contributed by atoms with van der Waals surface area (Å²) in [4.78, 5) is 108. The van der Waals surface area contributed by atoms with E-state index in [0.29, 0.717) is 11.1 Å². The number of benzene rings is 2. The lowest BCUT2D eigenvalue weighted by Crippen LogP contribution is -2.57. The average molecular weight is 807 g/mol. The molecule has 0 aliphatic rings. The molecular weight excluding hydrogens is 764 g/mol. The predicted octanol–water partition coefficient (Wildman–Crippen LogP) is -3.23. The number of nitrogens with one attached hydrogen (secondary N) is 5. The van der Waals surface area contributed by atoms with Crippen molar-refractivity contribution >= 4 is 65.6 Å². The normalized spacial score (nSPS) is 12.7. The van der Waals surface area contributed by atoms with E-state index in [9.17, 15) is 53.4 Å². The first-order chi connectivity index (χ1) is 26.6. The van der Waals surface area contributed by atoms with Gasteiger partial charge in [-0.25, -0.2) is 9.59 Å². The first-order valence-electron chi connectivity index (χ1n) is 16.6. The number of aliphatic hydroxyl groups is 1. The summed E-state index contributed by atoms with van der Waals surface area (Å²) in [7, 11) is 0. The third-order valence-corrected chi connectivity index (χ3v) is 8.28. The van der Waals surface area contributed by atoms with Gasteiger partial charge in [0, 0.05) is 25.1 Å². The van der Waals surface area contributed by atoms with Crippen LogP contribution in [0.25, 0.3) is 0 Å². The Morgan fingerprint density at radius 1 is 0.679 bits per heavy atom. The van der Waals surface area contributed by atoms with E-state index in [1.165, 1.54) is 48.5 Å². The molecule has 2 rings (SSSR count). The van der Waals surface area contributed by atoms with Gasteiger partial charge in [0.05, 0.1) is 18.8 Å². The Morgan fingerprint density at radius 2 is 1.16 bits per heavy atom. The van der Waals surface area contributed by atoms with Gasteiger partial charge in [-0.15, -0.1) is 0 Å². The molecule has 0 aliphatic heterocycles. The van der Waals surface area contributed by atoms with E-state index in [2.05, 4.69) is 26.6 Å². The number of carbonyl (C=O) groups excluding carboxylic acids is 6. The second-order valence-electron chi connectivity index (χ2n) is 11.7. The van der Waals surface area contributed by atoms with Crippen molar-refractivity contribution in [3.63, 3.8) is 0 Å². The molecule has 2 aromatic carbocycles. The molecular formula is C34H42N6O15S. The molecule has 304 valence electrons. The molecule has 21 nitrogen and oxygen atoms in total. The van der Waals surface area contributed by atoms with Crippen LogP contribution in [-0.4, -0.2) is 136 Å². The number of carboxylic acids is 3. The summed E-state index contributed by atoms with van der Waals surface area (Å²) in [6.45, 7) is -1.80. The summed E-state index contributed by atoms with van der Waals surface area (Å²) in [5.41, 5.74) is 6.18. The molecule has 0 bridgehead atoms. The number of carboxylic acid groups (broad SMARTS) is 3. The summed E-state index contributed by atoms with van der Waals surface area (Å²) in [5.74, 6) is -7.77. The molecule has 0 saturated heterocycles. The highest BCUT2D eigenvalue weighted by atomic mass is 32.2. The Labute approximate surface area is 323 Å². The number of rotatable bonds is 27. The number of thioether (sulfide) groups is 1. The van der Waals surface area contributed by atoms with Crippen LogP contribution in [0.3, 0.4) is 0 Å². The minimum Gasteiger partial charge on any atom is -0.482 e. The van der Waals surface area contributed by atoms with Gasteiger partial charge >= 0.3 is 17.9 Å². The number of aliphatic carboxylic acids is 3. The lowest BCUT2D eigenvalue weighted by atomic mass is 10.0. The number of hydrogen-bond donors (Lipinski definition) is 10. The van der Waals surface area contributed by atoms with Crippen LogP contribution < -0.4 is 41.8 Å². The van der Waals surface area contributed by atoms with Gasteiger partial charge in [-0.2, -0.15) is 11.8 Å². The highest BCUT2D eigenvalue weighted by molar-refractivity contribution is 7.99. The van der Waals surface area contributed by atoms with Crippen molar-refractivity contribution in [1.29, 1.82) is 0 Å². The van der Waals surface area contributed by atoms with E-state index in [0.717, 1.165) is 11.8 Å². The molecule has 11 N–H and O–H groups in total. The van der Waals surface area contributed by atoms with Gasteiger partial charge in [-0.1, -0.05) is 24.3 Å². The zero-order valence-corrected chi connectivity index (χ0v) is 30.5. The fraction of sp³-hybridized carbons (Fsp3) is 0.382. The Kier molecular flexibility index (Phi) is 19.7. The molecule has 0 radical (unpaired) electrons. The molecule has 0 fully saturated rings. The largest absolute Gasteiger partial charge is 0.482 e. The molecule has 4 atom stereocenters. The number of carbonyl (C=O) groups is 9. The third-order valence-electron chi connectivity index (χ3n) is 7.32. The maximum atomic E-state index is 13.9. The summed E-state index contributed by atoms with van der Waals surface area (Å²) in [5, 5.41) is 48.1. The minimum absolute atomic E-state index is 0.0612. The van der Waals surface area contributed by atoms with Crippen LogP contribution in [0.5, 0.6) is 11.5 Å². The Bertz CT molecular complexity index is 1690. The molecule has 56 heavy (non-hydrogen) atoms. The number of amides is 6. The lowest BCUT2D eigenvalue weighted by molar-refractivity contribution is -0.141. The van der Waals surface area contributed by atoms with Crippen molar-refractivity contribution < 1.29 is 73.1 Å². The standard InChI is InChI=1S/C34H42N6O15S/c35-31(50)23(13-28(44)45)39-34(53)25(12-20-3-7-22(8-4-20)55-16-30(48)49)40-33(52)24(11-19-1-5-21(6-2-19)54-15-29(46)47)38-27(43)17-56-10-9-36-32(51)26(14-41)37-18-42/h1-8,18,23-26,41H,9-17H2,(H2,35,50)(H,36,51)(H,37,42)(H,38,43)(H,39,53)(H,40,52)(H,44,45)(H,46,47)(H,48,49). The van der Waals surface area contributed by atoms with Gasteiger partial charge in [-0.05, 0) is 35.4 Å². The summed E-state index contributed by atoms with van der Waals surface area (Å²) < 4.78 is 10.2. The van der Waals surface area contributed by atoms with Gasteiger partial charge in [0.1, 0.15) is 35.7 Å². The quantitative estimate of drug-likeness (QED) is 0.0313. The summed E-state index contributed by atoms with van der Waals surface area (Å²) in [6, 6.07) is 6.05. The Hall–Kier alpha value is -6.42. The van der Waals surface area contributed by atoms with Crippen LogP contribution in [0.1, 0.15) is 17.5 Å². The zero-order chi connectivity index (χ0) is 41.6. The predicted molar refractivity (Wildman–Crippen MR) is 194 cm³/mol. The van der Waals surface area contributed by atoms with Crippen molar-refractivity contribution in [2.24, 2.45) is 5.73 Å². The molecule has 0 saturated carbocycles. The molecule has 2 aromatic rings. The third kappa shape index (κ3) is 17.6. The Morgan fingerprint density at radius 3 is 1.59 bits per heavy atom. The Balaban J connectivity index is 2.30. The number of hydrogen-bond acceptors (Lipinski definition) is 13. The molecule has 0 aliphatic carbocycles. The van der Waals surface area contributed by atoms with E-state index in [-0.39, 0.29) is 48.8 Å². The number of nitrogens with two attached hydrogens (primary N) is 1. The van der Waals surface area contributed by atoms with Gasteiger partial charge in [0.25, 0.3) is 0 Å². The average Bonchev–Trinajstić information content (AvgIpc) is 3.14. The van der Waals surface area contributed by atoms with Gasteiger partial charge < -0.3 is 62.2 Å². The molecule has 0 heterocycles. The fourth-order valence-corrected chi connectivity index (χ4v) is 5.29. The maximum absolute atomic E-state index is 13.9. The first-order valence-corrected chi connectivity index (χ1v) is 17.7. The van der Waals surface area contributed by atoms with Crippen LogP contribution in [0.2, 0.25) is 0 Å². The summed E-state index contributed by atoms with van der Waals surface area (Å²) in [6.07, 6.45) is -0.997. The maximum Gasteiger partial charge on any atom is 0.341 e. The zero-order valence-electron chi connectivity index (χ0n) is 29.6. The minimum atomic E-state index is -1.65. The number of primary amides is 1.